The van der Waals surface area contributed by atoms with E-state index in [1.54, 1.807) is 0 Å². The van der Waals surface area contributed by atoms with Gasteiger partial charge in [0.25, 0.3) is 11.1 Å². The van der Waals surface area contributed by atoms with Crippen LogP contribution in [0.1, 0.15) is 58.1 Å². The Labute approximate surface area is 355 Å². The summed E-state index contributed by atoms with van der Waals surface area (Å²) >= 11 is 0. The van der Waals surface area contributed by atoms with E-state index in [-0.39, 0.29) is 42.4 Å². The monoisotopic (exact) mass is 891 g/mol. The fraction of sp³-hybridized carbons (Fsp3) is 0.559. The van der Waals surface area contributed by atoms with Gasteiger partial charge < -0.3 is 49.1 Å². The molecule has 0 aliphatic heterocycles. The summed E-state index contributed by atoms with van der Waals surface area (Å²) in [4.78, 5) is 143. The van der Waals surface area contributed by atoms with Crippen LogP contribution >= 0.6 is 24.8 Å². The number of amides is 7. The van der Waals surface area contributed by atoms with Crippen molar-refractivity contribution in [2.24, 2.45) is 17.2 Å². The highest BCUT2D eigenvalue weighted by atomic mass is 35.5. The summed E-state index contributed by atoms with van der Waals surface area (Å²) in [6, 6.07) is -9.20. The van der Waals surface area contributed by atoms with Crippen molar-refractivity contribution in [1.82, 2.24) is 51.0 Å². The van der Waals surface area contributed by atoms with Gasteiger partial charge in [0.2, 0.25) is 41.4 Å². The van der Waals surface area contributed by atoms with Crippen molar-refractivity contribution in [1.29, 1.82) is 0 Å². The van der Waals surface area contributed by atoms with Crippen LogP contribution in [0.3, 0.4) is 0 Å². The van der Waals surface area contributed by atoms with Crippen LogP contribution in [0.15, 0.2) is 31.6 Å². The maximum absolute atomic E-state index is 13.5. The maximum Gasteiger partial charge on any atom is 0.328 e. The van der Waals surface area contributed by atoms with E-state index in [2.05, 4.69) is 41.9 Å². The number of carbonyl (C=O) groups excluding carboxylic acids is 7. The van der Waals surface area contributed by atoms with E-state index in [0.717, 1.165) is 15.3 Å². The molecular weight excluding hydrogens is 837 g/mol. The minimum absolute atomic E-state index is 0. The largest absolute Gasteiger partial charge is 0.368 e. The highest BCUT2D eigenvalue weighted by molar-refractivity contribution is 5.96. The zero-order chi connectivity index (χ0) is 44.0. The number of aromatic nitrogens is 4. The fourth-order valence-electron chi connectivity index (χ4n) is 5.13. The molecule has 0 aliphatic carbocycles. The molecule has 0 bridgehead atoms. The van der Waals surface area contributed by atoms with Gasteiger partial charge in [0.05, 0.1) is 19.1 Å². The normalized spacial score (nSPS) is 14.1. The van der Waals surface area contributed by atoms with Gasteiger partial charge in [-0.15, -0.1) is 24.8 Å². The van der Waals surface area contributed by atoms with E-state index in [4.69, 9.17) is 17.2 Å². The summed E-state index contributed by atoms with van der Waals surface area (Å²) in [5, 5.41) is 14.4. The minimum atomic E-state index is -1.59. The number of unbranched alkanes of at least 4 members (excludes halogenated alkanes) is 1. The molecule has 0 fully saturated rings. The van der Waals surface area contributed by atoms with Crippen LogP contribution in [0.4, 0.5) is 0 Å². The number of H-pyrrole nitrogens is 2. The number of hydrogen-bond acceptors (Lipinski definition) is 13. The average Bonchev–Trinajstić information content (AvgIpc) is 3.14. The molecule has 0 unspecified atom stereocenters. The predicted octanol–water partition coefficient (Wildman–Crippen LogP) is -5.52. The second-order valence-corrected chi connectivity index (χ2v) is 13.8. The average molecular weight is 893 g/mol. The van der Waals surface area contributed by atoms with Crippen LogP contribution in [-0.2, 0) is 46.7 Å². The molecule has 0 aromatic carbocycles. The van der Waals surface area contributed by atoms with Crippen molar-refractivity contribution in [2.75, 3.05) is 6.54 Å². The number of carbonyl (C=O) groups is 7. The topological polar surface area (TPSA) is 379 Å². The highest BCUT2D eigenvalue weighted by Crippen LogP contribution is 2.02. The van der Waals surface area contributed by atoms with Crippen molar-refractivity contribution in [3.05, 3.63) is 65.2 Å². The molecule has 2 rings (SSSR count). The predicted molar refractivity (Wildman–Crippen MR) is 221 cm³/mol. The molecule has 7 atom stereocenters. The highest BCUT2D eigenvalue weighted by Gasteiger charge is 2.31. The number of nitrogens with one attached hydrogen (secondary N) is 8. The lowest BCUT2D eigenvalue weighted by molar-refractivity contribution is -0.135. The Bertz CT molecular complexity index is 2100. The van der Waals surface area contributed by atoms with Crippen LogP contribution in [-0.4, -0.2) is 109 Å². The summed E-state index contributed by atoms with van der Waals surface area (Å²) in [5.74, 6) is -6.12. The zero-order valence-electron chi connectivity index (χ0n) is 33.9. The third-order valence-electron chi connectivity index (χ3n) is 8.68. The molecule has 2 aromatic heterocycles. The summed E-state index contributed by atoms with van der Waals surface area (Å²) in [5.41, 5.74) is 13.6. The van der Waals surface area contributed by atoms with Crippen LogP contribution in [0.5, 0.6) is 0 Å². The molecule has 0 saturated carbocycles. The molecule has 26 heteroatoms. The van der Waals surface area contributed by atoms with Crippen molar-refractivity contribution in [3.8, 4) is 0 Å². The minimum Gasteiger partial charge on any atom is -0.368 e. The SMILES string of the molecule is Cc1cn(C[C@H](NC(=O)[C@H](C)N)C(=O)N[C@@H](C)C(=O)N[C@@H](C)C(=O)N[C@@H](Cn2cc(C)c(=O)[nH]c2=O)C(=O)N[C@@H](C)C(=O)N[C@@H](CCCCN)C(N)=O)c(=O)[nH]c1=O.Cl.Cl. The Morgan fingerprint density at radius 1 is 0.583 bits per heavy atom. The van der Waals surface area contributed by atoms with Crippen molar-refractivity contribution in [3.63, 3.8) is 0 Å². The van der Waals surface area contributed by atoms with E-state index in [1.807, 2.05) is 0 Å². The molecule has 0 radical (unpaired) electrons. The van der Waals surface area contributed by atoms with Gasteiger partial charge in [-0.1, -0.05) is 0 Å². The van der Waals surface area contributed by atoms with Gasteiger partial charge in [0.15, 0.2) is 0 Å². The molecule has 0 saturated heterocycles. The van der Waals surface area contributed by atoms with Gasteiger partial charge in [-0.2, -0.15) is 0 Å². The molecule has 14 N–H and O–H groups in total. The molecule has 7 amide bonds. The second kappa shape index (κ2) is 24.9. The quantitative estimate of drug-likeness (QED) is 0.0522. The van der Waals surface area contributed by atoms with E-state index < -0.39 is 119 Å². The van der Waals surface area contributed by atoms with Gasteiger partial charge in [-0.25, -0.2) is 9.59 Å². The van der Waals surface area contributed by atoms with Crippen molar-refractivity contribution >= 4 is 66.2 Å². The Morgan fingerprint density at radius 2 is 0.933 bits per heavy atom. The van der Waals surface area contributed by atoms with Crippen molar-refractivity contribution < 1.29 is 33.6 Å². The number of primary amides is 1. The first kappa shape index (κ1) is 54.2. The zero-order valence-corrected chi connectivity index (χ0v) is 35.5. The first-order valence-electron chi connectivity index (χ1n) is 18.2. The molecule has 60 heavy (non-hydrogen) atoms. The van der Waals surface area contributed by atoms with Gasteiger partial charge in [0, 0.05) is 23.5 Å². The van der Waals surface area contributed by atoms with Gasteiger partial charge >= 0.3 is 11.4 Å². The molecular formula is C34H55Cl2N13O11. The van der Waals surface area contributed by atoms with E-state index in [0.29, 0.717) is 19.4 Å². The lowest BCUT2D eigenvalue weighted by Crippen LogP contribution is -2.60. The van der Waals surface area contributed by atoms with Crippen LogP contribution < -0.4 is 71.6 Å². The van der Waals surface area contributed by atoms with E-state index in [9.17, 15) is 52.7 Å². The molecule has 24 nitrogen and oxygen atoms in total. The Kier molecular flexibility index (Phi) is 22.5. The second-order valence-electron chi connectivity index (χ2n) is 13.8. The van der Waals surface area contributed by atoms with E-state index >= 15 is 0 Å². The van der Waals surface area contributed by atoms with E-state index in [1.165, 1.54) is 47.7 Å². The third-order valence-corrected chi connectivity index (χ3v) is 8.68. The standard InChI is InChI=1S/C34H53N13O11.2ClH/c1-15-11-46(33(57)44-25(15)49)13-22(42-27(51)17(3)36)31(55)39-18(4)28(52)38-19(5)30(54)43-23(14-47-12-16(2)26(50)45-34(47)58)32(56)40-20(6)29(53)41-21(24(37)48)9-7-8-10-35;;/h11-12,17-23H,7-10,13-14,35-36H2,1-6H3,(H2,37,48)(H,38,52)(H,39,55)(H,40,56)(H,41,53)(H,42,51)(H,43,54)(H,44,49,57)(H,45,50,58);2*1H/t17-,18-,19-,20-,21-,22-,23-;;/m0../s1. The van der Waals surface area contributed by atoms with Crippen LogP contribution in [0, 0.1) is 13.8 Å². The number of halogens is 2. The Hall–Kier alpha value is -5.85. The summed E-state index contributed by atoms with van der Waals surface area (Å²) < 4.78 is 1.92. The molecule has 0 spiro atoms. The lowest BCUT2D eigenvalue weighted by atomic mass is 10.1. The fourth-order valence-corrected chi connectivity index (χ4v) is 5.13. The number of aryl methyl sites for hydroxylation is 2. The third kappa shape index (κ3) is 16.4. The number of nitrogens with two attached hydrogens (primary N) is 3. The summed E-state index contributed by atoms with van der Waals surface area (Å²) in [7, 11) is 0. The number of nitrogens with zero attached hydrogens (tertiary/aromatic N) is 2. The maximum atomic E-state index is 13.5. The number of aromatic amines is 2. The Balaban J connectivity index is 0.0000174. The van der Waals surface area contributed by atoms with Gasteiger partial charge in [-0.05, 0) is 67.3 Å². The first-order chi connectivity index (χ1) is 27.0. The smallest absolute Gasteiger partial charge is 0.328 e. The van der Waals surface area contributed by atoms with Crippen LogP contribution in [0.25, 0.3) is 0 Å². The first-order valence-corrected chi connectivity index (χ1v) is 18.2. The van der Waals surface area contributed by atoms with Crippen molar-refractivity contribution in [2.45, 2.75) is 116 Å². The number of rotatable bonds is 21. The van der Waals surface area contributed by atoms with Gasteiger partial charge in [-0.3, -0.25) is 62.3 Å². The molecule has 336 valence electrons. The summed E-state index contributed by atoms with van der Waals surface area (Å²) in [6.07, 6.45) is 3.58. The molecule has 2 heterocycles. The van der Waals surface area contributed by atoms with Gasteiger partial charge in [0.1, 0.15) is 36.3 Å². The lowest BCUT2D eigenvalue weighted by Gasteiger charge is -2.25. The van der Waals surface area contributed by atoms with Crippen LogP contribution in [0.2, 0.25) is 0 Å². The molecule has 2 aromatic rings. The molecule has 0 aliphatic rings. The summed E-state index contributed by atoms with van der Waals surface area (Å²) in [6.45, 7) is 7.31. The number of hydrogen-bond donors (Lipinski definition) is 11. The Morgan fingerprint density at radius 3 is 1.30 bits per heavy atom.